The summed E-state index contributed by atoms with van der Waals surface area (Å²) in [5.74, 6) is -0.268. The molecular formula is C13H15BrFN3. The van der Waals surface area contributed by atoms with E-state index in [1.54, 1.807) is 6.20 Å². The summed E-state index contributed by atoms with van der Waals surface area (Å²) < 4.78 is 15.8. The molecule has 5 heteroatoms. The normalized spacial score (nSPS) is 12.7. The van der Waals surface area contributed by atoms with Crippen molar-refractivity contribution >= 4 is 15.9 Å². The van der Waals surface area contributed by atoms with Gasteiger partial charge in [0.25, 0.3) is 0 Å². The van der Waals surface area contributed by atoms with E-state index in [0.29, 0.717) is 4.47 Å². The number of benzene rings is 1. The van der Waals surface area contributed by atoms with Crippen LogP contribution in [0.5, 0.6) is 0 Å². The van der Waals surface area contributed by atoms with Crippen molar-refractivity contribution in [3.05, 3.63) is 52.0 Å². The molecule has 2 rings (SSSR count). The van der Waals surface area contributed by atoms with E-state index in [9.17, 15) is 4.39 Å². The second-order valence-corrected chi connectivity index (χ2v) is 5.21. The minimum atomic E-state index is -0.268. The van der Waals surface area contributed by atoms with Crippen LogP contribution in [0, 0.1) is 5.82 Å². The van der Waals surface area contributed by atoms with Crippen LogP contribution in [0.25, 0.3) is 0 Å². The topological polar surface area (TPSA) is 43.8 Å². The van der Waals surface area contributed by atoms with Crippen molar-refractivity contribution < 1.29 is 4.39 Å². The Hall–Kier alpha value is -1.20. The van der Waals surface area contributed by atoms with Crippen molar-refractivity contribution in [2.24, 2.45) is 12.8 Å². The molecule has 18 heavy (non-hydrogen) atoms. The van der Waals surface area contributed by atoms with Crippen LogP contribution in [0.4, 0.5) is 4.39 Å². The van der Waals surface area contributed by atoms with E-state index in [0.717, 1.165) is 24.1 Å². The summed E-state index contributed by atoms with van der Waals surface area (Å²) in [6.45, 7) is 0. The van der Waals surface area contributed by atoms with Crippen LogP contribution in [0.3, 0.4) is 0 Å². The van der Waals surface area contributed by atoms with Crippen LogP contribution in [-0.2, 0) is 13.5 Å². The molecule has 1 atom stereocenters. The van der Waals surface area contributed by atoms with Crippen molar-refractivity contribution in [1.82, 2.24) is 9.78 Å². The summed E-state index contributed by atoms with van der Waals surface area (Å²) in [6.07, 6.45) is 3.35. The SMILES string of the molecule is Cn1nccc1CCC(N)c1cc(F)cc(Br)c1. The highest BCUT2D eigenvalue weighted by Gasteiger charge is 2.10. The Morgan fingerprint density at radius 1 is 1.44 bits per heavy atom. The Morgan fingerprint density at radius 2 is 2.22 bits per heavy atom. The first kappa shape index (κ1) is 13.2. The summed E-state index contributed by atoms with van der Waals surface area (Å²) in [6, 6.07) is 6.56. The van der Waals surface area contributed by atoms with Gasteiger partial charge in [0, 0.05) is 29.5 Å². The number of hydrogen-bond acceptors (Lipinski definition) is 2. The van der Waals surface area contributed by atoms with E-state index in [1.165, 1.54) is 12.1 Å². The van der Waals surface area contributed by atoms with Gasteiger partial charge in [-0.05, 0) is 42.7 Å². The smallest absolute Gasteiger partial charge is 0.124 e. The number of nitrogens with two attached hydrogens (primary N) is 1. The van der Waals surface area contributed by atoms with Crippen LogP contribution >= 0.6 is 15.9 Å². The molecular weight excluding hydrogens is 297 g/mol. The van der Waals surface area contributed by atoms with Gasteiger partial charge in [-0.15, -0.1) is 0 Å². The van der Waals surface area contributed by atoms with Crippen LogP contribution < -0.4 is 5.73 Å². The molecule has 1 heterocycles. The Labute approximate surface area is 114 Å². The fraction of sp³-hybridized carbons (Fsp3) is 0.308. The van der Waals surface area contributed by atoms with Gasteiger partial charge in [-0.3, -0.25) is 4.68 Å². The summed E-state index contributed by atoms with van der Waals surface area (Å²) in [5.41, 5.74) is 8.02. The van der Waals surface area contributed by atoms with Crippen LogP contribution in [0.2, 0.25) is 0 Å². The van der Waals surface area contributed by atoms with E-state index >= 15 is 0 Å². The lowest BCUT2D eigenvalue weighted by Crippen LogP contribution is -2.12. The summed E-state index contributed by atoms with van der Waals surface area (Å²) in [7, 11) is 1.90. The lowest BCUT2D eigenvalue weighted by molar-refractivity contribution is 0.596. The number of rotatable bonds is 4. The third kappa shape index (κ3) is 3.17. The highest BCUT2D eigenvalue weighted by Crippen LogP contribution is 2.22. The van der Waals surface area contributed by atoms with E-state index < -0.39 is 0 Å². The van der Waals surface area contributed by atoms with Gasteiger partial charge in [-0.25, -0.2) is 4.39 Å². The largest absolute Gasteiger partial charge is 0.324 e. The van der Waals surface area contributed by atoms with Crippen LogP contribution in [0.1, 0.15) is 23.7 Å². The number of halogens is 2. The predicted octanol–water partition coefficient (Wildman–Crippen LogP) is 2.95. The zero-order valence-electron chi connectivity index (χ0n) is 10.1. The lowest BCUT2D eigenvalue weighted by atomic mass is 10.0. The Balaban J connectivity index is 2.03. The zero-order valence-corrected chi connectivity index (χ0v) is 11.7. The summed E-state index contributed by atoms with van der Waals surface area (Å²) in [4.78, 5) is 0. The molecule has 1 aromatic carbocycles. The Kier molecular flexibility index (Phi) is 4.14. The summed E-state index contributed by atoms with van der Waals surface area (Å²) in [5, 5.41) is 4.10. The molecule has 0 bridgehead atoms. The maximum absolute atomic E-state index is 13.3. The first-order valence-electron chi connectivity index (χ1n) is 5.74. The minimum Gasteiger partial charge on any atom is -0.324 e. The van der Waals surface area contributed by atoms with Crippen molar-refractivity contribution in [3.8, 4) is 0 Å². The number of aromatic nitrogens is 2. The van der Waals surface area contributed by atoms with Crippen LogP contribution in [0.15, 0.2) is 34.9 Å². The van der Waals surface area contributed by atoms with Gasteiger partial charge in [-0.2, -0.15) is 5.10 Å². The number of hydrogen-bond donors (Lipinski definition) is 1. The van der Waals surface area contributed by atoms with E-state index in [1.807, 2.05) is 23.9 Å². The maximum Gasteiger partial charge on any atom is 0.124 e. The molecule has 0 fully saturated rings. The quantitative estimate of drug-likeness (QED) is 0.943. The first-order chi connectivity index (χ1) is 8.56. The van der Waals surface area contributed by atoms with Gasteiger partial charge in [0.05, 0.1) is 0 Å². The maximum atomic E-state index is 13.3. The molecule has 3 nitrogen and oxygen atoms in total. The second kappa shape index (κ2) is 5.63. The number of aryl methyl sites for hydroxylation is 2. The van der Waals surface area contributed by atoms with E-state index in [4.69, 9.17) is 5.73 Å². The number of nitrogens with zero attached hydrogens (tertiary/aromatic N) is 2. The van der Waals surface area contributed by atoms with Crippen LogP contribution in [-0.4, -0.2) is 9.78 Å². The van der Waals surface area contributed by atoms with Gasteiger partial charge < -0.3 is 5.73 Å². The molecule has 0 spiro atoms. The fourth-order valence-corrected chi connectivity index (χ4v) is 2.39. The molecule has 96 valence electrons. The third-order valence-corrected chi connectivity index (χ3v) is 3.40. The van der Waals surface area contributed by atoms with Crippen molar-refractivity contribution in [2.45, 2.75) is 18.9 Å². The fourth-order valence-electron chi connectivity index (χ4n) is 1.91. The van der Waals surface area contributed by atoms with E-state index in [-0.39, 0.29) is 11.9 Å². The Morgan fingerprint density at radius 3 is 2.83 bits per heavy atom. The molecule has 1 aromatic heterocycles. The monoisotopic (exact) mass is 311 g/mol. The van der Waals surface area contributed by atoms with Gasteiger partial charge in [0.2, 0.25) is 0 Å². The average Bonchev–Trinajstić information content (AvgIpc) is 2.70. The third-order valence-electron chi connectivity index (χ3n) is 2.95. The molecule has 0 saturated carbocycles. The van der Waals surface area contributed by atoms with Crippen molar-refractivity contribution in [2.75, 3.05) is 0 Å². The van der Waals surface area contributed by atoms with Gasteiger partial charge in [0.15, 0.2) is 0 Å². The zero-order chi connectivity index (χ0) is 13.1. The molecule has 0 aliphatic rings. The van der Waals surface area contributed by atoms with Crippen molar-refractivity contribution in [3.63, 3.8) is 0 Å². The molecule has 0 aliphatic carbocycles. The first-order valence-corrected chi connectivity index (χ1v) is 6.54. The molecule has 1 unspecified atom stereocenters. The highest BCUT2D eigenvalue weighted by atomic mass is 79.9. The Bertz CT molecular complexity index is 519. The average molecular weight is 312 g/mol. The van der Waals surface area contributed by atoms with Crippen molar-refractivity contribution in [1.29, 1.82) is 0 Å². The van der Waals surface area contributed by atoms with E-state index in [2.05, 4.69) is 21.0 Å². The molecule has 2 aromatic rings. The standard InChI is InChI=1S/C13H15BrFN3/c1-18-12(4-5-17-18)2-3-13(16)9-6-10(14)8-11(15)7-9/h4-8,13H,2-3,16H2,1H3. The lowest BCUT2D eigenvalue weighted by Gasteiger charge is -2.12. The highest BCUT2D eigenvalue weighted by molar-refractivity contribution is 9.10. The predicted molar refractivity (Wildman–Crippen MR) is 72.6 cm³/mol. The van der Waals surface area contributed by atoms with Gasteiger partial charge >= 0.3 is 0 Å². The molecule has 0 radical (unpaired) electrons. The summed E-state index contributed by atoms with van der Waals surface area (Å²) >= 11 is 3.27. The minimum absolute atomic E-state index is 0.174. The second-order valence-electron chi connectivity index (χ2n) is 4.29. The molecule has 0 amide bonds. The molecule has 2 N–H and O–H groups in total. The van der Waals surface area contributed by atoms with Gasteiger partial charge in [0.1, 0.15) is 5.82 Å². The van der Waals surface area contributed by atoms with Gasteiger partial charge in [-0.1, -0.05) is 15.9 Å². The molecule has 0 aliphatic heterocycles. The molecule has 0 saturated heterocycles.